The first-order valence-corrected chi connectivity index (χ1v) is 7.94. The molecule has 2 rings (SSSR count). The van der Waals surface area contributed by atoms with E-state index in [9.17, 15) is 8.42 Å². The van der Waals surface area contributed by atoms with E-state index in [2.05, 4.69) is 15.0 Å². The summed E-state index contributed by atoms with van der Waals surface area (Å²) in [6, 6.07) is 4.79. The normalized spacial score (nSPS) is 18.1. The quantitative estimate of drug-likeness (QED) is 0.664. The number of nitrogens with two attached hydrogens (primary N) is 1. The maximum atomic E-state index is 12.5. The molecule has 0 unspecified atom stereocenters. The van der Waals surface area contributed by atoms with E-state index in [1.54, 1.807) is 24.2 Å². The maximum absolute atomic E-state index is 12.5. The number of nitrogens with zero attached hydrogens (tertiary/aromatic N) is 2. The summed E-state index contributed by atoms with van der Waals surface area (Å²) in [4.78, 5) is 4.94. The molecular formula is C12H21N5O2S. The largest absolute Gasteiger partial charge is 0.399 e. The number of likely N-dealkylation sites (N-methyl/N-ethyl adjacent to an activating group) is 1. The van der Waals surface area contributed by atoms with Crippen LogP contribution in [0.5, 0.6) is 0 Å². The highest BCUT2D eigenvalue weighted by atomic mass is 32.2. The summed E-state index contributed by atoms with van der Waals surface area (Å²) in [6.07, 6.45) is 0. The number of nitrogens with one attached hydrogen (secondary N) is 2. The van der Waals surface area contributed by atoms with Crippen molar-refractivity contribution in [2.45, 2.75) is 4.90 Å². The average molecular weight is 299 g/mol. The van der Waals surface area contributed by atoms with Gasteiger partial charge < -0.3 is 16.0 Å². The standard InChI is InChI=1S/C12H21N5O2S/c1-14-11-4-3-10(13)9-12(11)20(18,19)15-17-7-5-16(2)6-8-17/h3-4,9,14-15H,5-8,13H2,1-2H3. The van der Waals surface area contributed by atoms with E-state index in [-0.39, 0.29) is 4.90 Å². The Balaban J connectivity index is 2.20. The van der Waals surface area contributed by atoms with Crippen LogP contribution in [-0.4, -0.2) is 58.6 Å². The Bertz CT molecular complexity index is 567. The highest BCUT2D eigenvalue weighted by Gasteiger charge is 2.23. The van der Waals surface area contributed by atoms with E-state index in [0.29, 0.717) is 24.5 Å². The number of hydrogen-bond acceptors (Lipinski definition) is 6. The van der Waals surface area contributed by atoms with E-state index >= 15 is 0 Å². The number of benzene rings is 1. The van der Waals surface area contributed by atoms with Crippen molar-refractivity contribution >= 4 is 21.4 Å². The van der Waals surface area contributed by atoms with Gasteiger partial charge in [0.1, 0.15) is 4.90 Å². The molecule has 8 heteroatoms. The van der Waals surface area contributed by atoms with Crippen LogP contribution in [0.2, 0.25) is 0 Å². The van der Waals surface area contributed by atoms with Crippen molar-refractivity contribution in [2.24, 2.45) is 0 Å². The lowest BCUT2D eigenvalue weighted by atomic mass is 10.3. The van der Waals surface area contributed by atoms with Crippen molar-refractivity contribution in [2.75, 3.05) is 51.3 Å². The van der Waals surface area contributed by atoms with E-state index in [4.69, 9.17) is 5.73 Å². The molecule has 0 spiro atoms. The second-order valence-electron chi connectivity index (χ2n) is 4.89. The van der Waals surface area contributed by atoms with Crippen LogP contribution in [0.4, 0.5) is 11.4 Å². The van der Waals surface area contributed by atoms with Gasteiger partial charge in [0.2, 0.25) is 0 Å². The molecule has 7 nitrogen and oxygen atoms in total. The molecule has 0 radical (unpaired) electrons. The van der Waals surface area contributed by atoms with Gasteiger partial charge in [0.15, 0.2) is 0 Å². The summed E-state index contributed by atoms with van der Waals surface area (Å²) in [5.41, 5.74) is 6.64. The van der Waals surface area contributed by atoms with Crippen LogP contribution in [0.15, 0.2) is 23.1 Å². The second-order valence-corrected chi connectivity index (χ2v) is 6.52. The smallest absolute Gasteiger partial charge is 0.255 e. The minimum absolute atomic E-state index is 0.166. The Morgan fingerprint density at radius 1 is 1.20 bits per heavy atom. The van der Waals surface area contributed by atoms with Crippen molar-refractivity contribution in [1.29, 1.82) is 0 Å². The predicted octanol–water partition coefficient (Wildman–Crippen LogP) is -0.249. The molecule has 0 aliphatic carbocycles. The monoisotopic (exact) mass is 299 g/mol. The molecule has 1 aliphatic rings. The lowest BCUT2D eigenvalue weighted by molar-refractivity contribution is 0.135. The fraction of sp³-hybridized carbons (Fsp3) is 0.500. The molecule has 1 aromatic rings. The average Bonchev–Trinajstić information content (AvgIpc) is 2.41. The molecular weight excluding hydrogens is 278 g/mol. The van der Waals surface area contributed by atoms with Gasteiger partial charge in [-0.05, 0) is 25.2 Å². The first-order chi connectivity index (χ1) is 9.42. The Kier molecular flexibility index (Phi) is 4.48. The summed E-state index contributed by atoms with van der Waals surface area (Å²) in [7, 11) is 0.0699. The molecule has 0 aromatic heterocycles. The molecule has 0 amide bonds. The van der Waals surface area contributed by atoms with Gasteiger partial charge in [-0.15, -0.1) is 4.83 Å². The van der Waals surface area contributed by atoms with Crippen molar-refractivity contribution in [3.8, 4) is 0 Å². The third kappa shape index (κ3) is 3.40. The molecule has 4 N–H and O–H groups in total. The molecule has 1 aromatic carbocycles. The van der Waals surface area contributed by atoms with Crippen molar-refractivity contribution in [3.05, 3.63) is 18.2 Å². The first-order valence-electron chi connectivity index (χ1n) is 6.45. The van der Waals surface area contributed by atoms with Gasteiger partial charge in [0, 0.05) is 38.9 Å². The van der Waals surface area contributed by atoms with Crippen molar-refractivity contribution in [1.82, 2.24) is 14.7 Å². The third-order valence-electron chi connectivity index (χ3n) is 3.32. The van der Waals surface area contributed by atoms with Crippen LogP contribution < -0.4 is 15.9 Å². The fourth-order valence-electron chi connectivity index (χ4n) is 2.08. The molecule has 1 aliphatic heterocycles. The topological polar surface area (TPSA) is 90.7 Å². The number of anilines is 2. The minimum atomic E-state index is -3.63. The summed E-state index contributed by atoms with van der Waals surface area (Å²) in [5, 5.41) is 4.59. The van der Waals surface area contributed by atoms with E-state index < -0.39 is 10.0 Å². The van der Waals surface area contributed by atoms with Crippen LogP contribution in [0.1, 0.15) is 0 Å². The van der Waals surface area contributed by atoms with Crippen molar-refractivity contribution in [3.63, 3.8) is 0 Å². The number of sulfonamides is 1. The van der Waals surface area contributed by atoms with Crippen LogP contribution in [0, 0.1) is 0 Å². The van der Waals surface area contributed by atoms with Gasteiger partial charge in [-0.1, -0.05) is 0 Å². The van der Waals surface area contributed by atoms with E-state index in [0.717, 1.165) is 13.1 Å². The van der Waals surface area contributed by atoms with Gasteiger partial charge >= 0.3 is 0 Å². The zero-order valence-corrected chi connectivity index (χ0v) is 12.6. The van der Waals surface area contributed by atoms with Crippen LogP contribution in [0.3, 0.4) is 0 Å². The van der Waals surface area contributed by atoms with Gasteiger partial charge in [-0.3, -0.25) is 0 Å². The molecule has 0 atom stereocenters. The molecule has 112 valence electrons. The summed E-state index contributed by atoms with van der Waals surface area (Å²) in [6.45, 7) is 2.98. The SMILES string of the molecule is CNc1ccc(N)cc1S(=O)(=O)NN1CCN(C)CC1. The van der Waals surface area contributed by atoms with Gasteiger partial charge in [0.25, 0.3) is 10.0 Å². The van der Waals surface area contributed by atoms with Crippen LogP contribution in [-0.2, 0) is 10.0 Å². The van der Waals surface area contributed by atoms with Gasteiger partial charge in [-0.25, -0.2) is 13.4 Å². The highest BCUT2D eigenvalue weighted by molar-refractivity contribution is 7.89. The number of hydrazine groups is 1. The molecule has 0 bridgehead atoms. The van der Waals surface area contributed by atoms with E-state index in [1.807, 2.05) is 7.05 Å². The molecule has 1 heterocycles. The first kappa shape index (κ1) is 15.0. The molecule has 1 saturated heterocycles. The zero-order chi connectivity index (χ0) is 14.8. The lowest BCUT2D eigenvalue weighted by Gasteiger charge is -2.32. The zero-order valence-electron chi connectivity index (χ0n) is 11.8. The summed E-state index contributed by atoms with van der Waals surface area (Å²) in [5.74, 6) is 0. The number of piperazine rings is 1. The van der Waals surface area contributed by atoms with Crippen molar-refractivity contribution < 1.29 is 8.42 Å². The third-order valence-corrected chi connectivity index (χ3v) is 4.73. The Morgan fingerprint density at radius 2 is 1.85 bits per heavy atom. The molecule has 20 heavy (non-hydrogen) atoms. The van der Waals surface area contributed by atoms with E-state index in [1.165, 1.54) is 6.07 Å². The number of rotatable bonds is 4. The van der Waals surface area contributed by atoms with Crippen LogP contribution in [0.25, 0.3) is 0 Å². The predicted molar refractivity (Wildman–Crippen MR) is 79.8 cm³/mol. The number of nitrogen functional groups attached to an aromatic ring is 1. The lowest BCUT2D eigenvalue weighted by Crippen LogP contribution is -2.52. The Morgan fingerprint density at radius 3 is 2.45 bits per heavy atom. The summed E-state index contributed by atoms with van der Waals surface area (Å²) >= 11 is 0. The van der Waals surface area contributed by atoms with Gasteiger partial charge in [-0.2, -0.15) is 0 Å². The molecule has 1 fully saturated rings. The minimum Gasteiger partial charge on any atom is -0.399 e. The summed E-state index contributed by atoms with van der Waals surface area (Å²) < 4.78 is 24.9. The maximum Gasteiger partial charge on any atom is 0.255 e. The van der Waals surface area contributed by atoms with Gasteiger partial charge in [0.05, 0.1) is 5.69 Å². The second kappa shape index (κ2) is 5.96. The fourth-order valence-corrected chi connectivity index (χ4v) is 3.46. The Hall–Kier alpha value is -1.35. The number of hydrogen-bond donors (Lipinski definition) is 3. The van der Waals surface area contributed by atoms with Crippen LogP contribution >= 0.6 is 0 Å². The highest BCUT2D eigenvalue weighted by Crippen LogP contribution is 2.23. The molecule has 0 saturated carbocycles. The Labute approximate surface area is 119 Å².